The van der Waals surface area contributed by atoms with Crippen molar-refractivity contribution in [3.8, 4) is 0 Å². The first-order valence-electron chi connectivity index (χ1n) is 9.34. The fourth-order valence-corrected chi connectivity index (χ4v) is 3.54. The summed E-state index contributed by atoms with van der Waals surface area (Å²) in [4.78, 5) is 11.1. The highest BCUT2D eigenvalue weighted by Gasteiger charge is 2.24. The summed E-state index contributed by atoms with van der Waals surface area (Å²) in [6.45, 7) is 9.47. The number of benzene rings is 1. The van der Waals surface area contributed by atoms with E-state index < -0.39 is 0 Å². The van der Waals surface area contributed by atoms with E-state index in [-0.39, 0.29) is 0 Å². The Hall–Kier alpha value is -2.21. The van der Waals surface area contributed by atoms with Crippen LogP contribution in [0.4, 0.5) is 5.69 Å². The van der Waals surface area contributed by atoms with Gasteiger partial charge in [0.2, 0.25) is 5.89 Å². The number of guanidine groups is 1. The number of aryl methyl sites for hydroxylation is 3. The van der Waals surface area contributed by atoms with E-state index in [9.17, 15) is 0 Å². The van der Waals surface area contributed by atoms with Gasteiger partial charge < -0.3 is 20.0 Å². The zero-order valence-electron chi connectivity index (χ0n) is 16.5. The summed E-state index contributed by atoms with van der Waals surface area (Å²) in [5, 5.41) is 7.47. The second-order valence-electron chi connectivity index (χ2n) is 7.09. The Kier molecular flexibility index (Phi) is 6.26. The van der Waals surface area contributed by atoms with E-state index in [1.807, 2.05) is 19.9 Å². The van der Waals surface area contributed by atoms with Gasteiger partial charge in [0.25, 0.3) is 0 Å². The highest BCUT2D eigenvalue weighted by Crippen LogP contribution is 2.29. The van der Waals surface area contributed by atoms with E-state index in [2.05, 4.69) is 44.6 Å². The number of rotatable bonds is 5. The molecule has 1 unspecified atom stereocenters. The molecular weight excluding hydrogens is 362 g/mol. The number of aliphatic imine (C=N–C) groups is 1. The maximum absolute atomic E-state index is 6.17. The average Bonchev–Trinajstić information content (AvgIpc) is 3.24. The van der Waals surface area contributed by atoms with Crippen molar-refractivity contribution < 1.29 is 4.42 Å². The fourth-order valence-electron chi connectivity index (χ4n) is 3.38. The minimum absolute atomic E-state index is 0.521. The molecule has 0 aliphatic carbocycles. The molecule has 1 aliphatic heterocycles. The number of oxazole rings is 1. The number of aromatic nitrogens is 1. The normalized spacial score (nSPS) is 17.4. The molecule has 2 heterocycles. The molecule has 0 saturated carbocycles. The number of anilines is 1. The molecule has 1 aromatic heterocycles. The molecule has 2 aromatic rings. The molecule has 0 spiro atoms. The minimum atomic E-state index is 0.521. The summed E-state index contributed by atoms with van der Waals surface area (Å²) < 4.78 is 5.60. The van der Waals surface area contributed by atoms with Crippen molar-refractivity contribution in [3.63, 3.8) is 0 Å². The SMILES string of the molecule is CN=C(NCc1nc(C)c(C)o1)NCC1CCN(c2cc(Cl)ccc2C)C1. The molecule has 27 heavy (non-hydrogen) atoms. The molecule has 1 fully saturated rings. The molecule has 1 aromatic carbocycles. The largest absolute Gasteiger partial charge is 0.444 e. The number of hydrogen-bond donors (Lipinski definition) is 2. The van der Waals surface area contributed by atoms with Gasteiger partial charge in [-0.15, -0.1) is 0 Å². The van der Waals surface area contributed by atoms with Crippen LogP contribution in [0.15, 0.2) is 27.6 Å². The Labute approximate surface area is 166 Å². The molecule has 3 rings (SSSR count). The van der Waals surface area contributed by atoms with Crippen LogP contribution in [0.25, 0.3) is 0 Å². The quantitative estimate of drug-likeness (QED) is 0.605. The average molecular weight is 390 g/mol. The third kappa shape index (κ3) is 4.95. The Morgan fingerprint density at radius 1 is 1.33 bits per heavy atom. The molecule has 1 saturated heterocycles. The van der Waals surface area contributed by atoms with Gasteiger partial charge in [0, 0.05) is 37.4 Å². The molecule has 2 N–H and O–H groups in total. The van der Waals surface area contributed by atoms with Crippen molar-refractivity contribution in [1.29, 1.82) is 0 Å². The van der Waals surface area contributed by atoms with Gasteiger partial charge in [0.15, 0.2) is 5.96 Å². The lowest BCUT2D eigenvalue weighted by molar-refractivity contribution is 0.463. The lowest BCUT2D eigenvalue weighted by Crippen LogP contribution is -2.40. The second kappa shape index (κ2) is 8.65. The smallest absolute Gasteiger partial charge is 0.214 e. The zero-order valence-corrected chi connectivity index (χ0v) is 17.2. The predicted molar refractivity (Wildman–Crippen MR) is 111 cm³/mol. The lowest BCUT2D eigenvalue weighted by Gasteiger charge is -2.21. The van der Waals surface area contributed by atoms with Crippen LogP contribution < -0.4 is 15.5 Å². The Balaban J connectivity index is 1.48. The summed E-state index contributed by atoms with van der Waals surface area (Å²) in [5.41, 5.74) is 3.43. The van der Waals surface area contributed by atoms with Crippen LogP contribution in [0.3, 0.4) is 0 Å². The van der Waals surface area contributed by atoms with E-state index >= 15 is 0 Å². The standard InChI is InChI=1S/C20H28ClN5O/c1-13-5-6-17(21)9-18(13)26-8-7-16(12-26)10-23-20(22-4)24-11-19-25-14(2)15(3)27-19/h5-6,9,16H,7-8,10-12H2,1-4H3,(H2,22,23,24). The third-order valence-corrected chi connectivity index (χ3v) is 5.29. The first kappa shape index (κ1) is 19.5. The number of nitrogens with one attached hydrogen (secondary N) is 2. The number of hydrogen-bond acceptors (Lipinski definition) is 4. The molecule has 0 amide bonds. The van der Waals surface area contributed by atoms with Crippen LogP contribution in [0.5, 0.6) is 0 Å². The van der Waals surface area contributed by atoms with Crippen LogP contribution in [-0.4, -0.2) is 37.6 Å². The summed E-state index contributed by atoms with van der Waals surface area (Å²) in [6.07, 6.45) is 1.15. The van der Waals surface area contributed by atoms with E-state index in [4.69, 9.17) is 16.0 Å². The monoisotopic (exact) mass is 389 g/mol. The Morgan fingerprint density at radius 3 is 2.85 bits per heavy atom. The first-order chi connectivity index (χ1) is 13.0. The van der Waals surface area contributed by atoms with Gasteiger partial charge in [-0.05, 0) is 50.8 Å². The van der Waals surface area contributed by atoms with Crippen LogP contribution in [0.1, 0.15) is 29.3 Å². The van der Waals surface area contributed by atoms with Crippen LogP contribution >= 0.6 is 11.6 Å². The van der Waals surface area contributed by atoms with E-state index in [0.29, 0.717) is 18.4 Å². The summed E-state index contributed by atoms with van der Waals surface area (Å²) in [6, 6.07) is 6.09. The molecule has 0 radical (unpaired) electrons. The summed E-state index contributed by atoms with van der Waals surface area (Å²) in [7, 11) is 1.78. The Bertz CT molecular complexity index is 797. The predicted octanol–water partition coefficient (Wildman–Crippen LogP) is 3.44. The van der Waals surface area contributed by atoms with E-state index in [1.165, 1.54) is 11.3 Å². The van der Waals surface area contributed by atoms with Gasteiger partial charge in [-0.25, -0.2) is 4.98 Å². The van der Waals surface area contributed by atoms with E-state index in [1.54, 1.807) is 7.05 Å². The van der Waals surface area contributed by atoms with Crippen molar-refractivity contribution in [2.24, 2.45) is 10.9 Å². The van der Waals surface area contributed by atoms with Gasteiger partial charge in [0.05, 0.1) is 12.2 Å². The topological polar surface area (TPSA) is 65.7 Å². The molecular formula is C20H28ClN5O. The van der Waals surface area contributed by atoms with Crippen molar-refractivity contribution in [2.75, 3.05) is 31.6 Å². The number of nitrogens with zero attached hydrogens (tertiary/aromatic N) is 3. The number of halogens is 1. The first-order valence-corrected chi connectivity index (χ1v) is 9.72. The van der Waals surface area contributed by atoms with Gasteiger partial charge in [-0.1, -0.05) is 17.7 Å². The van der Waals surface area contributed by atoms with E-state index in [0.717, 1.165) is 48.5 Å². The van der Waals surface area contributed by atoms with Gasteiger partial charge in [0.1, 0.15) is 5.76 Å². The molecule has 146 valence electrons. The minimum Gasteiger partial charge on any atom is -0.444 e. The van der Waals surface area contributed by atoms with Crippen molar-refractivity contribution in [2.45, 2.75) is 33.7 Å². The molecule has 1 atom stereocenters. The Morgan fingerprint density at radius 2 is 2.15 bits per heavy atom. The van der Waals surface area contributed by atoms with Crippen LogP contribution in [0.2, 0.25) is 5.02 Å². The maximum atomic E-state index is 6.17. The zero-order chi connectivity index (χ0) is 19.4. The molecule has 0 bridgehead atoms. The fraction of sp³-hybridized carbons (Fsp3) is 0.500. The van der Waals surface area contributed by atoms with Crippen molar-refractivity contribution in [1.82, 2.24) is 15.6 Å². The molecule has 7 heteroatoms. The van der Waals surface area contributed by atoms with Gasteiger partial charge in [-0.3, -0.25) is 4.99 Å². The van der Waals surface area contributed by atoms with Crippen LogP contribution in [0, 0.1) is 26.7 Å². The van der Waals surface area contributed by atoms with Gasteiger partial charge >= 0.3 is 0 Å². The molecule has 1 aliphatic rings. The molecule has 6 nitrogen and oxygen atoms in total. The van der Waals surface area contributed by atoms with Crippen molar-refractivity contribution in [3.05, 3.63) is 46.1 Å². The highest BCUT2D eigenvalue weighted by molar-refractivity contribution is 6.30. The summed E-state index contributed by atoms with van der Waals surface area (Å²) >= 11 is 6.17. The van der Waals surface area contributed by atoms with Crippen LogP contribution in [-0.2, 0) is 6.54 Å². The highest BCUT2D eigenvalue weighted by atomic mass is 35.5. The van der Waals surface area contributed by atoms with Crippen molar-refractivity contribution >= 4 is 23.2 Å². The third-order valence-electron chi connectivity index (χ3n) is 5.06. The lowest BCUT2D eigenvalue weighted by atomic mass is 10.1. The second-order valence-corrected chi connectivity index (χ2v) is 7.52. The summed E-state index contributed by atoms with van der Waals surface area (Å²) in [5.74, 6) is 2.86. The maximum Gasteiger partial charge on any atom is 0.214 e. The van der Waals surface area contributed by atoms with Gasteiger partial charge in [-0.2, -0.15) is 0 Å².